The Kier molecular flexibility index (Phi) is 6.04. The molecule has 4 nitrogen and oxygen atoms in total. The van der Waals surface area contributed by atoms with E-state index in [0.717, 1.165) is 5.75 Å². The molecule has 0 radical (unpaired) electrons. The predicted octanol–water partition coefficient (Wildman–Crippen LogP) is 3.82. The Bertz CT molecular complexity index is 743. The number of rotatable bonds is 7. The zero-order valence-electron chi connectivity index (χ0n) is 13.1. The molecule has 0 spiro atoms. The molecule has 124 valence electrons. The third kappa shape index (κ3) is 5.23. The highest BCUT2D eigenvalue weighted by Crippen LogP contribution is 2.18. The molecule has 0 atom stereocenters. The first-order chi connectivity index (χ1) is 10.9. The summed E-state index contributed by atoms with van der Waals surface area (Å²) in [7, 11) is -3.57. The van der Waals surface area contributed by atoms with E-state index in [1.54, 1.807) is 12.1 Å². The van der Waals surface area contributed by atoms with Crippen LogP contribution in [0.5, 0.6) is 5.75 Å². The second kappa shape index (κ2) is 7.81. The number of hydrogen-bond acceptors (Lipinski definition) is 3. The van der Waals surface area contributed by atoms with Gasteiger partial charge in [-0.15, -0.1) is 0 Å². The van der Waals surface area contributed by atoms with Gasteiger partial charge in [-0.3, -0.25) is 0 Å². The lowest BCUT2D eigenvalue weighted by Gasteiger charge is -2.10. The smallest absolute Gasteiger partial charge is 0.240 e. The molecule has 0 heterocycles. The molecule has 0 aliphatic rings. The molecule has 0 amide bonds. The minimum Gasteiger partial charge on any atom is -0.492 e. The molecule has 0 aliphatic carbocycles. The van der Waals surface area contributed by atoms with Crippen LogP contribution >= 0.6 is 11.6 Å². The van der Waals surface area contributed by atoms with Crippen LogP contribution in [0.3, 0.4) is 0 Å². The van der Waals surface area contributed by atoms with E-state index in [4.69, 9.17) is 16.3 Å². The highest BCUT2D eigenvalue weighted by atomic mass is 35.5. The summed E-state index contributed by atoms with van der Waals surface area (Å²) in [5, 5.41) is 0.384. The van der Waals surface area contributed by atoms with Gasteiger partial charge in [0.25, 0.3) is 0 Å². The Labute approximate surface area is 142 Å². The normalized spacial score (nSPS) is 11.7. The maximum atomic E-state index is 12.1. The molecule has 6 heteroatoms. The molecule has 0 unspecified atom stereocenters. The molecular formula is C17H20ClNO3S. The zero-order valence-corrected chi connectivity index (χ0v) is 14.7. The third-order valence-corrected chi connectivity index (χ3v) is 5.01. The minimum atomic E-state index is -3.57. The molecule has 0 aromatic heterocycles. The maximum Gasteiger partial charge on any atom is 0.240 e. The van der Waals surface area contributed by atoms with E-state index >= 15 is 0 Å². The number of nitrogens with one attached hydrogen (secondary N) is 1. The molecule has 2 aromatic rings. The van der Waals surface area contributed by atoms with E-state index in [-0.39, 0.29) is 18.0 Å². The Balaban J connectivity index is 1.85. The summed E-state index contributed by atoms with van der Waals surface area (Å²) >= 11 is 5.81. The predicted molar refractivity (Wildman–Crippen MR) is 92.7 cm³/mol. The Hall–Kier alpha value is -1.56. The van der Waals surface area contributed by atoms with Crippen molar-refractivity contribution in [2.75, 3.05) is 13.2 Å². The summed E-state index contributed by atoms with van der Waals surface area (Å²) in [5.74, 6) is 1.19. The highest BCUT2D eigenvalue weighted by molar-refractivity contribution is 7.89. The largest absolute Gasteiger partial charge is 0.492 e. The van der Waals surface area contributed by atoms with Crippen molar-refractivity contribution in [1.29, 1.82) is 0 Å². The zero-order chi connectivity index (χ0) is 16.9. The van der Waals surface area contributed by atoms with Crippen LogP contribution in [0.15, 0.2) is 53.4 Å². The van der Waals surface area contributed by atoms with Crippen LogP contribution in [0.2, 0.25) is 5.02 Å². The fourth-order valence-electron chi connectivity index (χ4n) is 2.01. The first kappa shape index (κ1) is 17.8. The molecular weight excluding hydrogens is 334 g/mol. The number of benzene rings is 2. The summed E-state index contributed by atoms with van der Waals surface area (Å²) in [5.41, 5.74) is 1.24. The molecule has 0 aliphatic heterocycles. The quantitative estimate of drug-likeness (QED) is 0.770. The number of ether oxygens (including phenoxy) is 1. The van der Waals surface area contributed by atoms with Crippen LogP contribution < -0.4 is 9.46 Å². The third-order valence-electron chi connectivity index (χ3n) is 3.32. The first-order valence-corrected chi connectivity index (χ1v) is 9.22. The lowest BCUT2D eigenvalue weighted by atomic mass is 10.0. The van der Waals surface area contributed by atoms with Crippen molar-refractivity contribution in [3.8, 4) is 5.75 Å². The van der Waals surface area contributed by atoms with Crippen molar-refractivity contribution in [2.24, 2.45) is 0 Å². The maximum absolute atomic E-state index is 12.1. The Morgan fingerprint density at radius 2 is 1.83 bits per heavy atom. The van der Waals surface area contributed by atoms with Crippen LogP contribution in [0, 0.1) is 0 Å². The van der Waals surface area contributed by atoms with Crippen LogP contribution in [0.25, 0.3) is 0 Å². The summed E-state index contributed by atoms with van der Waals surface area (Å²) in [6.07, 6.45) is 0. The van der Waals surface area contributed by atoms with Gasteiger partial charge in [0.05, 0.1) is 4.90 Å². The van der Waals surface area contributed by atoms with E-state index < -0.39 is 10.0 Å². The van der Waals surface area contributed by atoms with E-state index in [0.29, 0.717) is 10.9 Å². The monoisotopic (exact) mass is 353 g/mol. The van der Waals surface area contributed by atoms with Crippen molar-refractivity contribution in [3.05, 3.63) is 59.1 Å². The average Bonchev–Trinajstić information content (AvgIpc) is 2.52. The Morgan fingerprint density at radius 3 is 2.43 bits per heavy atom. The summed E-state index contributed by atoms with van der Waals surface area (Å²) in [6, 6.07) is 13.9. The van der Waals surface area contributed by atoms with Gasteiger partial charge < -0.3 is 4.74 Å². The van der Waals surface area contributed by atoms with Crippen LogP contribution in [0.4, 0.5) is 0 Å². The highest BCUT2D eigenvalue weighted by Gasteiger charge is 2.13. The summed E-state index contributed by atoms with van der Waals surface area (Å²) < 4.78 is 32.2. The van der Waals surface area contributed by atoms with Gasteiger partial charge in [0.2, 0.25) is 10.0 Å². The SMILES string of the molecule is CC(C)c1ccc(OCCNS(=O)(=O)c2cccc(Cl)c2)cc1. The topological polar surface area (TPSA) is 55.4 Å². The van der Waals surface area contributed by atoms with Crippen molar-refractivity contribution in [1.82, 2.24) is 4.72 Å². The minimum absolute atomic E-state index is 0.145. The molecule has 2 rings (SSSR count). The van der Waals surface area contributed by atoms with Crippen LogP contribution in [-0.2, 0) is 10.0 Å². The van der Waals surface area contributed by atoms with Gasteiger partial charge in [-0.2, -0.15) is 0 Å². The lowest BCUT2D eigenvalue weighted by molar-refractivity contribution is 0.322. The van der Waals surface area contributed by atoms with E-state index in [1.807, 2.05) is 24.3 Å². The summed E-state index contributed by atoms with van der Waals surface area (Å²) in [4.78, 5) is 0.145. The molecule has 23 heavy (non-hydrogen) atoms. The fourth-order valence-corrected chi connectivity index (χ4v) is 3.32. The second-order valence-corrected chi connectivity index (χ2v) is 7.63. The molecule has 0 saturated heterocycles. The number of sulfonamides is 1. The standard InChI is InChI=1S/C17H20ClNO3S/c1-13(2)14-6-8-16(9-7-14)22-11-10-19-23(20,21)17-5-3-4-15(18)12-17/h3-9,12-13,19H,10-11H2,1-2H3. The fraction of sp³-hybridized carbons (Fsp3) is 0.294. The number of hydrogen-bond donors (Lipinski definition) is 1. The van der Waals surface area contributed by atoms with Crippen molar-refractivity contribution in [2.45, 2.75) is 24.7 Å². The molecule has 0 bridgehead atoms. The first-order valence-electron chi connectivity index (χ1n) is 7.36. The van der Waals surface area contributed by atoms with Gasteiger partial charge in [-0.1, -0.05) is 43.6 Å². The van der Waals surface area contributed by atoms with Crippen LogP contribution in [-0.4, -0.2) is 21.6 Å². The number of halogens is 1. The van der Waals surface area contributed by atoms with Gasteiger partial charge in [0, 0.05) is 11.6 Å². The van der Waals surface area contributed by atoms with Crippen molar-refractivity contribution < 1.29 is 13.2 Å². The van der Waals surface area contributed by atoms with Gasteiger partial charge in [-0.05, 0) is 41.8 Å². The Morgan fingerprint density at radius 1 is 1.13 bits per heavy atom. The molecule has 2 aromatic carbocycles. The second-order valence-electron chi connectivity index (χ2n) is 5.43. The van der Waals surface area contributed by atoms with Crippen molar-refractivity contribution in [3.63, 3.8) is 0 Å². The van der Waals surface area contributed by atoms with Crippen molar-refractivity contribution >= 4 is 21.6 Å². The molecule has 0 fully saturated rings. The molecule has 0 saturated carbocycles. The van der Waals surface area contributed by atoms with E-state index in [1.165, 1.54) is 17.7 Å². The lowest BCUT2D eigenvalue weighted by Crippen LogP contribution is -2.28. The van der Waals surface area contributed by atoms with E-state index in [9.17, 15) is 8.42 Å². The molecule has 1 N–H and O–H groups in total. The summed E-state index contributed by atoms with van der Waals surface area (Å²) in [6.45, 7) is 4.68. The average molecular weight is 354 g/mol. The van der Waals surface area contributed by atoms with E-state index in [2.05, 4.69) is 18.6 Å². The van der Waals surface area contributed by atoms with Gasteiger partial charge in [0.15, 0.2) is 0 Å². The van der Waals surface area contributed by atoms with Crippen LogP contribution in [0.1, 0.15) is 25.3 Å². The van der Waals surface area contributed by atoms with Gasteiger partial charge in [-0.25, -0.2) is 13.1 Å². The van der Waals surface area contributed by atoms with Gasteiger partial charge in [0.1, 0.15) is 12.4 Å². The van der Waals surface area contributed by atoms with Gasteiger partial charge >= 0.3 is 0 Å².